The largest absolute Gasteiger partial charge is 0.416 e. The van der Waals surface area contributed by atoms with E-state index >= 15 is 0 Å². The second-order valence-electron chi connectivity index (χ2n) is 2.42. The summed E-state index contributed by atoms with van der Waals surface area (Å²) in [5, 5.41) is 0.594. The molecule has 0 fully saturated rings. The quantitative estimate of drug-likeness (QED) is 0.527. The van der Waals surface area contributed by atoms with Crippen LogP contribution in [0.5, 0.6) is 0 Å². The maximum atomic E-state index is 12.1. The fraction of sp³-hybridized carbons (Fsp3) is 0.143. The molecule has 0 atom stereocenters. The lowest BCUT2D eigenvalue weighted by atomic mass is 10.2. The lowest BCUT2D eigenvalue weighted by Gasteiger charge is -2.07. The average Bonchev–Trinajstić information content (AvgIpc) is 2.03. The number of hydrogen-bond donors (Lipinski definition) is 0. The van der Waals surface area contributed by atoms with Gasteiger partial charge < -0.3 is 0 Å². The van der Waals surface area contributed by atoms with Gasteiger partial charge in [0.2, 0.25) is 0 Å². The summed E-state index contributed by atoms with van der Waals surface area (Å²) >= 11 is 11.2. The first kappa shape index (κ1) is 10.9. The van der Waals surface area contributed by atoms with Gasteiger partial charge in [-0.1, -0.05) is 24.3 Å². The van der Waals surface area contributed by atoms with Crippen molar-refractivity contribution < 1.29 is 13.2 Å². The van der Waals surface area contributed by atoms with Crippen LogP contribution in [0.4, 0.5) is 13.2 Å². The highest BCUT2D eigenvalue weighted by molar-refractivity contribution is 7.39. The van der Waals surface area contributed by atoms with Crippen LogP contribution < -0.4 is 5.19 Å². The number of alkyl halides is 3. The van der Waals surface area contributed by atoms with Crippen LogP contribution >= 0.6 is 22.2 Å². The molecule has 0 spiro atoms. The smallest absolute Gasteiger partial charge is 0.166 e. The van der Waals surface area contributed by atoms with E-state index in [-0.39, 0.29) is 0 Å². The van der Waals surface area contributed by atoms with Crippen molar-refractivity contribution in [1.29, 1.82) is 0 Å². The third-order valence-corrected chi connectivity index (χ3v) is 3.89. The molecule has 0 heterocycles. The predicted octanol–water partition coefficient (Wildman–Crippen LogP) is 2.61. The topological polar surface area (TPSA) is 0 Å². The van der Waals surface area contributed by atoms with Crippen molar-refractivity contribution in [3.8, 4) is 0 Å². The minimum atomic E-state index is -4.30. The Kier molecular flexibility index (Phi) is 3.26. The van der Waals surface area contributed by atoms with E-state index in [2.05, 4.69) is 0 Å². The Hall–Kier alpha value is -0.193. The molecule has 0 aromatic heterocycles. The van der Waals surface area contributed by atoms with E-state index in [0.29, 0.717) is 5.19 Å². The van der Waals surface area contributed by atoms with Crippen LogP contribution in [0.2, 0.25) is 0 Å². The maximum absolute atomic E-state index is 12.1. The Morgan fingerprint density at radius 2 is 1.46 bits per heavy atom. The molecular formula is C7H5Cl2F3Si. The second kappa shape index (κ2) is 3.90. The molecular weight excluding hydrogens is 240 g/mol. The minimum Gasteiger partial charge on any atom is -0.166 e. The molecule has 0 nitrogen and oxygen atoms in total. The molecule has 6 heteroatoms. The molecule has 72 valence electrons. The average molecular weight is 245 g/mol. The number of halogens is 5. The Morgan fingerprint density at radius 3 is 1.77 bits per heavy atom. The summed E-state index contributed by atoms with van der Waals surface area (Å²) in [6.07, 6.45) is -4.30. The maximum Gasteiger partial charge on any atom is 0.416 e. The van der Waals surface area contributed by atoms with E-state index in [0.717, 1.165) is 12.1 Å². The summed E-state index contributed by atoms with van der Waals surface area (Å²) in [6.45, 7) is 0. The molecule has 0 amide bonds. The zero-order valence-electron chi connectivity index (χ0n) is 6.28. The third-order valence-electron chi connectivity index (χ3n) is 1.49. The molecule has 1 rings (SSSR count). The van der Waals surface area contributed by atoms with Gasteiger partial charge in [0.15, 0.2) is 0 Å². The summed E-state index contributed by atoms with van der Waals surface area (Å²) in [5.41, 5.74) is -0.681. The molecule has 0 unspecified atom stereocenters. The highest BCUT2D eigenvalue weighted by Gasteiger charge is 2.30. The van der Waals surface area contributed by atoms with Gasteiger partial charge in [-0.05, 0) is 5.19 Å². The van der Waals surface area contributed by atoms with Gasteiger partial charge in [0.25, 0.3) is 7.42 Å². The normalized spacial score (nSPS) is 12.2. The second-order valence-corrected chi connectivity index (χ2v) is 6.98. The predicted molar refractivity (Wildman–Crippen MR) is 49.9 cm³/mol. The van der Waals surface area contributed by atoms with Crippen LogP contribution in [0.3, 0.4) is 0 Å². The van der Waals surface area contributed by atoms with Gasteiger partial charge in [0.05, 0.1) is 5.56 Å². The SMILES string of the molecule is FC(F)(F)c1ccc([SiH](Cl)Cl)cc1. The van der Waals surface area contributed by atoms with Gasteiger partial charge in [-0.3, -0.25) is 0 Å². The van der Waals surface area contributed by atoms with Crippen molar-refractivity contribution in [3.63, 3.8) is 0 Å². The summed E-state index contributed by atoms with van der Waals surface area (Å²) in [5.74, 6) is 0. The van der Waals surface area contributed by atoms with E-state index in [9.17, 15) is 13.2 Å². The highest BCUT2D eigenvalue weighted by Crippen LogP contribution is 2.28. The van der Waals surface area contributed by atoms with Crippen molar-refractivity contribution in [2.75, 3.05) is 0 Å². The van der Waals surface area contributed by atoms with Crippen molar-refractivity contribution in [2.45, 2.75) is 6.18 Å². The molecule has 0 aliphatic carbocycles. The lowest BCUT2D eigenvalue weighted by molar-refractivity contribution is -0.137. The zero-order chi connectivity index (χ0) is 10.1. The Morgan fingerprint density at radius 1 is 1.00 bits per heavy atom. The summed E-state index contributed by atoms with van der Waals surface area (Å²) in [7, 11) is -2.03. The first-order valence-corrected chi connectivity index (χ1v) is 7.43. The van der Waals surface area contributed by atoms with Crippen molar-refractivity contribution in [1.82, 2.24) is 0 Å². The standard InChI is InChI=1S/C7H5Cl2F3Si/c8-13(9)6-3-1-5(2-4-6)7(10,11)12/h1-4,13H. The van der Waals surface area contributed by atoms with E-state index in [4.69, 9.17) is 22.2 Å². The molecule has 0 aliphatic heterocycles. The number of hydrogen-bond acceptors (Lipinski definition) is 0. The van der Waals surface area contributed by atoms with Gasteiger partial charge in [0.1, 0.15) is 0 Å². The fourth-order valence-electron chi connectivity index (χ4n) is 0.818. The number of benzene rings is 1. The van der Waals surface area contributed by atoms with E-state index < -0.39 is 19.2 Å². The first-order valence-electron chi connectivity index (χ1n) is 3.36. The van der Waals surface area contributed by atoms with Gasteiger partial charge in [0, 0.05) is 0 Å². The van der Waals surface area contributed by atoms with Crippen LogP contribution in [0, 0.1) is 0 Å². The Balaban J connectivity index is 2.94. The van der Waals surface area contributed by atoms with Gasteiger partial charge in [-0.15, -0.1) is 22.2 Å². The van der Waals surface area contributed by atoms with Crippen molar-refractivity contribution >= 4 is 34.8 Å². The molecule has 0 saturated heterocycles. The molecule has 1 aromatic carbocycles. The zero-order valence-corrected chi connectivity index (χ0v) is 8.94. The van der Waals surface area contributed by atoms with Crippen molar-refractivity contribution in [3.05, 3.63) is 29.8 Å². The molecule has 0 saturated carbocycles. The lowest BCUT2D eigenvalue weighted by Crippen LogP contribution is -2.18. The minimum absolute atomic E-state index is 0.594. The van der Waals surface area contributed by atoms with Crippen LogP contribution in [0.25, 0.3) is 0 Å². The Labute approximate surface area is 84.3 Å². The highest BCUT2D eigenvalue weighted by atomic mass is 35.7. The molecule has 1 aromatic rings. The van der Waals surface area contributed by atoms with Crippen LogP contribution in [-0.2, 0) is 6.18 Å². The number of rotatable bonds is 1. The van der Waals surface area contributed by atoms with Gasteiger partial charge >= 0.3 is 6.18 Å². The van der Waals surface area contributed by atoms with Crippen LogP contribution in [-0.4, -0.2) is 7.42 Å². The molecule has 13 heavy (non-hydrogen) atoms. The monoisotopic (exact) mass is 244 g/mol. The summed E-state index contributed by atoms with van der Waals surface area (Å²) < 4.78 is 36.2. The molecule has 0 N–H and O–H groups in total. The van der Waals surface area contributed by atoms with Gasteiger partial charge in [-0.25, -0.2) is 0 Å². The summed E-state index contributed by atoms with van der Waals surface area (Å²) in [4.78, 5) is 0. The van der Waals surface area contributed by atoms with Crippen molar-refractivity contribution in [2.24, 2.45) is 0 Å². The third kappa shape index (κ3) is 2.89. The van der Waals surface area contributed by atoms with E-state index in [1.165, 1.54) is 12.1 Å². The van der Waals surface area contributed by atoms with E-state index in [1.54, 1.807) is 0 Å². The molecule has 0 radical (unpaired) electrons. The van der Waals surface area contributed by atoms with E-state index in [1.807, 2.05) is 0 Å². The molecule has 0 bridgehead atoms. The fourth-order valence-corrected chi connectivity index (χ4v) is 2.17. The Bertz CT molecular complexity index is 281. The van der Waals surface area contributed by atoms with Gasteiger partial charge in [-0.2, -0.15) is 13.2 Å². The van der Waals surface area contributed by atoms with Crippen LogP contribution in [0.15, 0.2) is 24.3 Å². The van der Waals surface area contributed by atoms with Crippen LogP contribution in [0.1, 0.15) is 5.56 Å². The summed E-state index contributed by atoms with van der Waals surface area (Å²) in [6, 6.07) is 4.61. The first-order chi connectivity index (χ1) is 5.91. The molecule has 0 aliphatic rings.